The fourth-order valence-corrected chi connectivity index (χ4v) is 6.66. The first kappa shape index (κ1) is 32.9. The summed E-state index contributed by atoms with van der Waals surface area (Å²) in [7, 11) is 0. The molecule has 1 aliphatic heterocycles. The zero-order chi connectivity index (χ0) is 31.8. The Balaban J connectivity index is 1.49. The number of thioether (sulfide) groups is 1. The van der Waals surface area contributed by atoms with Crippen LogP contribution in [0.2, 0.25) is 5.02 Å². The molecule has 1 unspecified atom stereocenters. The van der Waals surface area contributed by atoms with Gasteiger partial charge in [-0.25, -0.2) is 9.48 Å². The maximum atomic E-state index is 13.6. The standard InChI is InChI=1S/C34H36BrClN4O4S/c1-4-6-17-44-32(41)29-22(3)37-33-38-34(45-21-24-14-10-11-15-27(24)36)39-40(33)30(29)25-19-26(35)31(28(20-25)42-5-2)43-18-16-23-12-8-7-9-13-23/h7-15,19-20,30H,4-6,16-18,21H2,1-3H3,(H,37,38,39). The highest BCUT2D eigenvalue weighted by atomic mass is 79.9. The Morgan fingerprint density at radius 2 is 1.84 bits per heavy atom. The molecule has 5 rings (SSSR count). The number of anilines is 1. The van der Waals surface area contributed by atoms with Crippen LogP contribution in [0.15, 0.2) is 87.6 Å². The smallest absolute Gasteiger partial charge is 0.338 e. The number of benzene rings is 3. The summed E-state index contributed by atoms with van der Waals surface area (Å²) < 4.78 is 20.5. The van der Waals surface area contributed by atoms with Crippen molar-refractivity contribution < 1.29 is 19.0 Å². The number of nitrogens with one attached hydrogen (secondary N) is 1. The monoisotopic (exact) mass is 710 g/mol. The fourth-order valence-electron chi connectivity index (χ4n) is 4.97. The van der Waals surface area contributed by atoms with Crippen molar-refractivity contribution in [3.8, 4) is 11.5 Å². The summed E-state index contributed by atoms with van der Waals surface area (Å²) in [4.78, 5) is 18.4. The van der Waals surface area contributed by atoms with Gasteiger partial charge in [0.2, 0.25) is 11.1 Å². The van der Waals surface area contributed by atoms with Gasteiger partial charge in [-0.1, -0.05) is 85.2 Å². The molecule has 0 amide bonds. The highest BCUT2D eigenvalue weighted by Gasteiger charge is 2.36. The van der Waals surface area contributed by atoms with Crippen LogP contribution in [0.5, 0.6) is 11.5 Å². The minimum atomic E-state index is -0.619. The summed E-state index contributed by atoms with van der Waals surface area (Å²) >= 11 is 11.6. The number of allylic oxidation sites excluding steroid dienone is 1. The number of carbonyl (C=O) groups is 1. The van der Waals surface area contributed by atoms with Gasteiger partial charge < -0.3 is 19.5 Å². The van der Waals surface area contributed by atoms with Gasteiger partial charge in [-0.2, -0.15) is 4.98 Å². The van der Waals surface area contributed by atoms with Crippen LogP contribution in [0.25, 0.3) is 0 Å². The lowest BCUT2D eigenvalue weighted by molar-refractivity contribution is -0.139. The van der Waals surface area contributed by atoms with E-state index in [4.69, 9.17) is 35.9 Å². The predicted molar refractivity (Wildman–Crippen MR) is 182 cm³/mol. The first-order valence-electron chi connectivity index (χ1n) is 15.0. The van der Waals surface area contributed by atoms with E-state index in [1.807, 2.05) is 68.4 Å². The molecule has 1 atom stereocenters. The van der Waals surface area contributed by atoms with Crippen molar-refractivity contribution in [3.63, 3.8) is 0 Å². The second kappa shape index (κ2) is 15.7. The van der Waals surface area contributed by atoms with Crippen molar-refractivity contribution in [2.45, 2.75) is 57.0 Å². The van der Waals surface area contributed by atoms with E-state index in [1.165, 1.54) is 17.3 Å². The molecule has 4 aromatic rings. The molecule has 11 heteroatoms. The van der Waals surface area contributed by atoms with Gasteiger partial charge in [0.15, 0.2) is 11.5 Å². The Hall–Kier alpha value is -3.47. The topological polar surface area (TPSA) is 87.5 Å². The number of hydrogen-bond acceptors (Lipinski definition) is 8. The van der Waals surface area contributed by atoms with Crippen LogP contribution < -0.4 is 14.8 Å². The molecule has 1 aromatic heterocycles. The molecule has 0 fully saturated rings. The van der Waals surface area contributed by atoms with Crippen molar-refractivity contribution >= 4 is 51.2 Å². The minimum absolute atomic E-state index is 0.337. The largest absolute Gasteiger partial charge is 0.490 e. The number of ether oxygens (including phenoxy) is 3. The number of esters is 1. The summed E-state index contributed by atoms with van der Waals surface area (Å²) in [5.74, 6) is 1.90. The predicted octanol–water partition coefficient (Wildman–Crippen LogP) is 8.64. The van der Waals surface area contributed by atoms with Gasteiger partial charge in [0.25, 0.3) is 0 Å². The van der Waals surface area contributed by atoms with E-state index in [-0.39, 0.29) is 0 Å². The van der Waals surface area contributed by atoms with E-state index >= 15 is 0 Å². The van der Waals surface area contributed by atoms with Gasteiger partial charge in [-0.3, -0.25) is 0 Å². The SMILES string of the molecule is CCCCOC(=O)C1=C(C)Nc2nc(SCc3ccccc3Cl)nn2C1c1cc(Br)c(OCCc2ccccc2)c(OCC)c1. The quantitative estimate of drug-likeness (QED) is 0.0791. The van der Waals surface area contributed by atoms with Gasteiger partial charge in [0.1, 0.15) is 6.04 Å². The summed E-state index contributed by atoms with van der Waals surface area (Å²) in [5.41, 5.74) is 4.06. The van der Waals surface area contributed by atoms with Crippen LogP contribution in [0.3, 0.4) is 0 Å². The van der Waals surface area contributed by atoms with E-state index < -0.39 is 12.0 Å². The van der Waals surface area contributed by atoms with Crippen molar-refractivity contribution in [1.29, 1.82) is 0 Å². The van der Waals surface area contributed by atoms with Crippen LogP contribution in [0.1, 0.15) is 56.3 Å². The summed E-state index contributed by atoms with van der Waals surface area (Å²) in [6, 6.07) is 21.1. The molecule has 8 nitrogen and oxygen atoms in total. The van der Waals surface area contributed by atoms with Crippen molar-refractivity contribution in [2.75, 3.05) is 25.1 Å². The van der Waals surface area contributed by atoms with E-state index in [0.717, 1.165) is 30.4 Å². The lowest BCUT2D eigenvalue weighted by atomic mass is 9.95. The van der Waals surface area contributed by atoms with Crippen molar-refractivity contribution in [2.24, 2.45) is 0 Å². The molecule has 0 radical (unpaired) electrons. The molecule has 1 aliphatic rings. The van der Waals surface area contributed by atoms with E-state index in [9.17, 15) is 4.79 Å². The van der Waals surface area contributed by atoms with Crippen LogP contribution in [0, 0.1) is 0 Å². The molecule has 0 aliphatic carbocycles. The van der Waals surface area contributed by atoms with Crippen LogP contribution >= 0.6 is 39.3 Å². The number of rotatable bonds is 14. The zero-order valence-electron chi connectivity index (χ0n) is 25.5. The van der Waals surface area contributed by atoms with Crippen molar-refractivity contribution in [1.82, 2.24) is 14.8 Å². The summed E-state index contributed by atoms with van der Waals surface area (Å²) in [6.45, 7) is 7.10. The third-order valence-electron chi connectivity index (χ3n) is 7.23. The maximum Gasteiger partial charge on any atom is 0.338 e. The molecule has 236 valence electrons. The lowest BCUT2D eigenvalue weighted by Gasteiger charge is -2.29. The second-order valence-corrected chi connectivity index (χ2v) is 12.6. The van der Waals surface area contributed by atoms with Gasteiger partial charge in [-0.05, 0) is 71.1 Å². The zero-order valence-corrected chi connectivity index (χ0v) is 28.7. The number of halogens is 2. The highest BCUT2D eigenvalue weighted by molar-refractivity contribution is 9.10. The molecular weight excluding hydrogens is 676 g/mol. The van der Waals surface area contributed by atoms with Gasteiger partial charge in [-0.15, -0.1) is 5.10 Å². The lowest BCUT2D eigenvalue weighted by Crippen LogP contribution is -2.30. The molecule has 0 bridgehead atoms. The highest BCUT2D eigenvalue weighted by Crippen LogP contribution is 2.43. The average molecular weight is 712 g/mol. The number of aromatic nitrogens is 3. The summed E-state index contributed by atoms with van der Waals surface area (Å²) in [5, 5.41) is 9.39. The number of unbranched alkanes of at least 4 members (excludes halogenated alkanes) is 1. The Morgan fingerprint density at radius 3 is 2.60 bits per heavy atom. The molecule has 0 saturated carbocycles. The molecule has 45 heavy (non-hydrogen) atoms. The van der Waals surface area contributed by atoms with Crippen LogP contribution in [-0.4, -0.2) is 40.6 Å². The fraction of sp³-hybridized carbons (Fsp3) is 0.324. The van der Waals surface area contributed by atoms with Crippen molar-refractivity contribution in [3.05, 3.63) is 104 Å². The normalized spacial score (nSPS) is 14.1. The number of nitrogens with zero attached hydrogens (tertiary/aromatic N) is 3. The van der Waals surface area contributed by atoms with Gasteiger partial charge in [0, 0.05) is 22.9 Å². The van der Waals surface area contributed by atoms with Crippen LogP contribution in [-0.2, 0) is 21.7 Å². The Bertz CT molecular complexity index is 1660. The first-order chi connectivity index (χ1) is 21.9. The molecule has 0 spiro atoms. The third kappa shape index (κ3) is 8.04. The molecule has 3 aromatic carbocycles. The number of hydrogen-bond donors (Lipinski definition) is 1. The Kier molecular flexibility index (Phi) is 11.5. The number of fused-ring (bicyclic) bond motifs is 1. The van der Waals surface area contributed by atoms with E-state index in [0.29, 0.717) is 68.9 Å². The molecular formula is C34H36BrClN4O4S. The first-order valence-corrected chi connectivity index (χ1v) is 17.2. The third-order valence-corrected chi connectivity index (χ3v) is 9.07. The molecule has 0 saturated heterocycles. The molecule has 1 N–H and O–H groups in total. The van der Waals surface area contributed by atoms with Gasteiger partial charge >= 0.3 is 5.97 Å². The summed E-state index contributed by atoms with van der Waals surface area (Å²) in [6.07, 6.45) is 2.45. The maximum absolute atomic E-state index is 13.6. The minimum Gasteiger partial charge on any atom is -0.490 e. The Morgan fingerprint density at radius 1 is 1.07 bits per heavy atom. The van der Waals surface area contributed by atoms with E-state index in [1.54, 1.807) is 4.68 Å². The number of carbonyl (C=O) groups excluding carboxylic acids is 1. The average Bonchev–Trinajstić information content (AvgIpc) is 3.44. The van der Waals surface area contributed by atoms with E-state index in [2.05, 4.69) is 40.3 Å². The Labute approximate surface area is 281 Å². The molecule has 2 heterocycles. The van der Waals surface area contributed by atoms with Crippen LogP contribution in [0.4, 0.5) is 5.95 Å². The van der Waals surface area contributed by atoms with Gasteiger partial charge in [0.05, 0.1) is 29.9 Å². The second-order valence-electron chi connectivity index (χ2n) is 10.4.